The molecule has 1 saturated heterocycles. The van der Waals surface area contributed by atoms with Gasteiger partial charge in [-0.25, -0.2) is 18.4 Å². The van der Waals surface area contributed by atoms with Gasteiger partial charge in [-0.15, -0.1) is 0 Å². The van der Waals surface area contributed by atoms with Crippen molar-refractivity contribution in [3.8, 4) is 0 Å². The van der Waals surface area contributed by atoms with E-state index < -0.39 is 10.0 Å². The molecule has 0 radical (unpaired) electrons. The van der Waals surface area contributed by atoms with E-state index in [1.807, 2.05) is 28.8 Å². The van der Waals surface area contributed by atoms with Gasteiger partial charge in [-0.1, -0.05) is 36.4 Å². The number of fused-ring (bicyclic) bond motifs is 2. The molecule has 174 valence electrons. The van der Waals surface area contributed by atoms with Crippen molar-refractivity contribution in [2.75, 3.05) is 24.1 Å². The van der Waals surface area contributed by atoms with E-state index in [0.29, 0.717) is 36.6 Å². The minimum Gasteiger partial charge on any atom is -0.382 e. The van der Waals surface area contributed by atoms with E-state index in [1.54, 1.807) is 34.8 Å². The lowest BCUT2D eigenvalue weighted by Gasteiger charge is -2.30. The highest BCUT2D eigenvalue weighted by Crippen LogP contribution is 2.39. The first kappa shape index (κ1) is 21.1. The number of para-hydroxylation sites is 1. The van der Waals surface area contributed by atoms with Gasteiger partial charge in [0.1, 0.15) is 17.2 Å². The molecule has 0 aliphatic carbocycles. The van der Waals surface area contributed by atoms with Crippen LogP contribution in [0.5, 0.6) is 0 Å². The molecule has 6 rings (SSSR count). The fourth-order valence-corrected chi connectivity index (χ4v) is 6.70. The summed E-state index contributed by atoms with van der Waals surface area (Å²) in [4.78, 5) is 9.76. The lowest BCUT2D eigenvalue weighted by molar-refractivity contribution is 0.313. The number of imidazole rings is 1. The van der Waals surface area contributed by atoms with Crippen molar-refractivity contribution in [2.45, 2.75) is 36.1 Å². The van der Waals surface area contributed by atoms with Gasteiger partial charge < -0.3 is 11.1 Å². The molecule has 1 unspecified atom stereocenters. The number of nitrogens with two attached hydrogens (primary N) is 1. The van der Waals surface area contributed by atoms with Gasteiger partial charge in [0.2, 0.25) is 10.0 Å². The first-order valence-corrected chi connectivity index (χ1v) is 13.0. The molecule has 9 heteroatoms. The summed E-state index contributed by atoms with van der Waals surface area (Å²) >= 11 is 0. The highest BCUT2D eigenvalue weighted by Gasteiger charge is 2.34. The summed E-state index contributed by atoms with van der Waals surface area (Å²) in [5, 5.41) is 3.58. The van der Waals surface area contributed by atoms with E-state index in [4.69, 9.17) is 10.7 Å². The Bertz CT molecular complexity index is 1430. The zero-order chi connectivity index (χ0) is 23.3. The number of rotatable bonds is 4. The second kappa shape index (κ2) is 8.11. The molecular weight excluding hydrogens is 448 g/mol. The molecule has 34 heavy (non-hydrogen) atoms. The molecule has 2 aliphatic rings. The molecule has 0 spiro atoms. The Morgan fingerprint density at radius 3 is 2.50 bits per heavy atom. The van der Waals surface area contributed by atoms with Gasteiger partial charge >= 0.3 is 0 Å². The fraction of sp³-hybridized carbons (Fsp3) is 0.280. The molecule has 2 aromatic carbocycles. The molecule has 2 aliphatic heterocycles. The van der Waals surface area contributed by atoms with Gasteiger partial charge in [-0.05, 0) is 36.6 Å². The minimum absolute atomic E-state index is 0.0196. The van der Waals surface area contributed by atoms with Crippen LogP contribution in [0.4, 0.5) is 11.5 Å². The van der Waals surface area contributed by atoms with Crippen molar-refractivity contribution in [1.29, 1.82) is 0 Å². The Hall–Kier alpha value is -3.43. The van der Waals surface area contributed by atoms with E-state index in [9.17, 15) is 8.42 Å². The van der Waals surface area contributed by atoms with Crippen molar-refractivity contribution in [3.05, 3.63) is 84.1 Å². The van der Waals surface area contributed by atoms with Crippen LogP contribution in [0.15, 0.2) is 71.9 Å². The smallest absolute Gasteiger partial charge is 0.243 e. The van der Waals surface area contributed by atoms with Crippen molar-refractivity contribution in [2.24, 2.45) is 0 Å². The van der Waals surface area contributed by atoms with Crippen LogP contribution in [0.25, 0.3) is 5.52 Å². The molecule has 4 aromatic rings. The summed E-state index contributed by atoms with van der Waals surface area (Å²) < 4.78 is 29.7. The SMILES string of the molecule is Nc1nccn2c(C3CCN(S(=O)(=O)c4ccccc4)CC3)nc(C3Cc4ccccc4N3)c12. The molecule has 1 atom stereocenters. The average molecular weight is 475 g/mol. The van der Waals surface area contributed by atoms with Crippen molar-refractivity contribution >= 4 is 27.0 Å². The molecule has 2 aromatic heterocycles. The minimum atomic E-state index is -3.49. The number of hydrogen-bond donors (Lipinski definition) is 2. The third-order valence-corrected chi connectivity index (χ3v) is 8.85. The molecule has 0 amide bonds. The normalized spacial score (nSPS) is 19.2. The number of aromatic nitrogens is 3. The number of piperidine rings is 1. The zero-order valence-corrected chi connectivity index (χ0v) is 19.4. The molecule has 3 N–H and O–H groups in total. The zero-order valence-electron chi connectivity index (χ0n) is 18.6. The predicted octanol–water partition coefficient (Wildman–Crippen LogP) is 3.59. The Morgan fingerprint density at radius 2 is 1.74 bits per heavy atom. The van der Waals surface area contributed by atoms with Crippen LogP contribution in [0.3, 0.4) is 0 Å². The van der Waals surface area contributed by atoms with Crippen LogP contribution in [0.2, 0.25) is 0 Å². The van der Waals surface area contributed by atoms with E-state index in [2.05, 4.69) is 22.4 Å². The molecule has 4 heterocycles. The van der Waals surface area contributed by atoms with Crippen LogP contribution in [-0.4, -0.2) is 40.2 Å². The van der Waals surface area contributed by atoms with Gasteiger partial charge in [0.25, 0.3) is 0 Å². The van der Waals surface area contributed by atoms with Gasteiger partial charge in [0.15, 0.2) is 0 Å². The summed E-state index contributed by atoms with van der Waals surface area (Å²) in [7, 11) is -3.49. The second-order valence-electron chi connectivity index (χ2n) is 8.94. The van der Waals surface area contributed by atoms with E-state index in [-0.39, 0.29) is 12.0 Å². The lowest BCUT2D eigenvalue weighted by atomic mass is 9.97. The quantitative estimate of drug-likeness (QED) is 0.468. The number of benzene rings is 2. The van der Waals surface area contributed by atoms with Gasteiger partial charge in [0, 0.05) is 43.5 Å². The number of nitrogens with zero attached hydrogens (tertiary/aromatic N) is 4. The summed E-state index contributed by atoms with van der Waals surface area (Å²) in [5.74, 6) is 1.51. The van der Waals surface area contributed by atoms with Crippen LogP contribution >= 0.6 is 0 Å². The molecule has 0 bridgehead atoms. The van der Waals surface area contributed by atoms with Crippen molar-refractivity contribution in [1.82, 2.24) is 18.7 Å². The number of nitrogens with one attached hydrogen (secondary N) is 1. The second-order valence-corrected chi connectivity index (χ2v) is 10.9. The molecular formula is C25H26N6O2S. The Labute approximate surface area is 198 Å². The van der Waals surface area contributed by atoms with Crippen molar-refractivity contribution < 1.29 is 8.42 Å². The van der Waals surface area contributed by atoms with E-state index in [0.717, 1.165) is 29.1 Å². The number of hydrogen-bond acceptors (Lipinski definition) is 6. The first-order valence-electron chi connectivity index (χ1n) is 11.5. The van der Waals surface area contributed by atoms with Crippen LogP contribution in [0.1, 0.15) is 41.9 Å². The summed E-state index contributed by atoms with van der Waals surface area (Å²) in [5.41, 5.74) is 10.4. The van der Waals surface area contributed by atoms with E-state index in [1.165, 1.54) is 5.56 Å². The molecule has 1 fully saturated rings. The topological polar surface area (TPSA) is 106 Å². The monoisotopic (exact) mass is 474 g/mol. The van der Waals surface area contributed by atoms with Gasteiger partial charge in [0.05, 0.1) is 16.6 Å². The summed E-state index contributed by atoms with van der Waals surface area (Å²) in [6.07, 6.45) is 5.84. The van der Waals surface area contributed by atoms with Crippen molar-refractivity contribution in [3.63, 3.8) is 0 Å². The third kappa shape index (κ3) is 3.43. The van der Waals surface area contributed by atoms with Crippen LogP contribution < -0.4 is 11.1 Å². The Morgan fingerprint density at radius 1 is 1.00 bits per heavy atom. The highest BCUT2D eigenvalue weighted by molar-refractivity contribution is 7.89. The molecule has 0 saturated carbocycles. The standard InChI is InChI=1S/C25H26N6O2S/c26-24-23-22(21-16-18-6-4-5-9-20(18)28-21)29-25(31(23)15-12-27-24)17-10-13-30(14-11-17)34(32,33)19-7-2-1-3-8-19/h1-9,12,15,17,21,28H,10-11,13-14,16H2,(H2,26,27). The molecule has 8 nitrogen and oxygen atoms in total. The Kier molecular flexibility index (Phi) is 5.04. The van der Waals surface area contributed by atoms with Crippen LogP contribution in [0, 0.1) is 0 Å². The Balaban J connectivity index is 1.29. The summed E-state index contributed by atoms with van der Waals surface area (Å²) in [6.45, 7) is 0.916. The average Bonchev–Trinajstić information content (AvgIpc) is 3.47. The fourth-order valence-electron chi connectivity index (χ4n) is 5.20. The first-order chi connectivity index (χ1) is 16.5. The van der Waals surface area contributed by atoms with Crippen LogP contribution in [-0.2, 0) is 16.4 Å². The van der Waals surface area contributed by atoms with Gasteiger partial charge in [-0.2, -0.15) is 4.31 Å². The third-order valence-electron chi connectivity index (χ3n) is 6.94. The number of nitrogen functional groups attached to an aromatic ring is 1. The highest BCUT2D eigenvalue weighted by atomic mass is 32.2. The number of anilines is 2. The van der Waals surface area contributed by atoms with E-state index >= 15 is 0 Å². The maximum atomic E-state index is 13.0. The largest absolute Gasteiger partial charge is 0.382 e. The summed E-state index contributed by atoms with van der Waals surface area (Å²) in [6, 6.07) is 16.9. The lowest BCUT2D eigenvalue weighted by Crippen LogP contribution is -2.38. The van der Waals surface area contributed by atoms with Gasteiger partial charge in [-0.3, -0.25) is 4.40 Å². The maximum absolute atomic E-state index is 13.0. The maximum Gasteiger partial charge on any atom is 0.243 e. The predicted molar refractivity (Wildman–Crippen MR) is 131 cm³/mol. The number of sulfonamides is 1.